The summed E-state index contributed by atoms with van der Waals surface area (Å²) in [5.41, 5.74) is 1.66. The van der Waals surface area contributed by atoms with E-state index in [1.807, 2.05) is 43.0 Å². The Bertz CT molecular complexity index is 502. The smallest absolute Gasteiger partial charge is 0.253 e. The van der Waals surface area contributed by atoms with Gasteiger partial charge in [-0.3, -0.25) is 4.79 Å². The maximum Gasteiger partial charge on any atom is 0.253 e. The average molecular weight is 301 g/mol. The Morgan fingerprint density at radius 2 is 1.82 bits per heavy atom. The molecule has 1 aromatic rings. The first kappa shape index (κ1) is 18.3. The maximum absolute atomic E-state index is 12.3. The minimum absolute atomic E-state index is 0.133. The molecule has 1 amide bonds. The van der Waals surface area contributed by atoms with Crippen molar-refractivity contribution in [3.63, 3.8) is 0 Å². The van der Waals surface area contributed by atoms with Gasteiger partial charge < -0.3 is 9.64 Å². The molecule has 1 aliphatic heterocycles. The fourth-order valence-corrected chi connectivity index (χ4v) is 2.30. The van der Waals surface area contributed by atoms with E-state index in [-0.39, 0.29) is 5.91 Å². The van der Waals surface area contributed by atoms with Crippen LogP contribution in [0, 0.1) is 17.8 Å². The molecule has 0 bridgehead atoms. The first-order valence-electron chi connectivity index (χ1n) is 8.08. The third-order valence-corrected chi connectivity index (χ3v) is 3.65. The molecule has 0 spiro atoms. The van der Waals surface area contributed by atoms with Gasteiger partial charge in [-0.1, -0.05) is 32.6 Å². The predicted molar refractivity (Wildman–Crippen MR) is 90.8 cm³/mol. The number of piperidine rings is 1. The summed E-state index contributed by atoms with van der Waals surface area (Å²) in [6.07, 6.45) is 2.21. The average Bonchev–Trinajstić information content (AvgIpc) is 2.58. The van der Waals surface area contributed by atoms with E-state index in [9.17, 15) is 4.79 Å². The third-order valence-electron chi connectivity index (χ3n) is 3.65. The van der Waals surface area contributed by atoms with E-state index in [0.29, 0.717) is 6.61 Å². The number of carbonyl (C=O) groups is 1. The highest BCUT2D eigenvalue weighted by molar-refractivity contribution is 5.94. The Labute approximate surface area is 134 Å². The highest BCUT2D eigenvalue weighted by Crippen LogP contribution is 2.18. The van der Waals surface area contributed by atoms with Crippen LogP contribution in [-0.4, -0.2) is 37.6 Å². The molecule has 0 N–H and O–H groups in total. The van der Waals surface area contributed by atoms with Crippen LogP contribution in [-0.2, 0) is 4.74 Å². The van der Waals surface area contributed by atoms with Crippen molar-refractivity contribution < 1.29 is 9.53 Å². The van der Waals surface area contributed by atoms with Crippen molar-refractivity contribution in [3.05, 3.63) is 35.4 Å². The van der Waals surface area contributed by atoms with Gasteiger partial charge in [0.05, 0.1) is 0 Å². The lowest BCUT2D eigenvalue weighted by Crippen LogP contribution is -2.37. The minimum atomic E-state index is 0.133. The molecule has 2 rings (SSSR count). The number of rotatable bonds is 2. The summed E-state index contributed by atoms with van der Waals surface area (Å²) in [6.45, 7) is 8.41. The number of hydrogen-bond acceptors (Lipinski definition) is 2. The monoisotopic (exact) mass is 301 g/mol. The van der Waals surface area contributed by atoms with Crippen molar-refractivity contribution in [1.82, 2.24) is 4.90 Å². The van der Waals surface area contributed by atoms with E-state index >= 15 is 0 Å². The summed E-state index contributed by atoms with van der Waals surface area (Å²) in [5.74, 6) is 6.76. The van der Waals surface area contributed by atoms with Crippen LogP contribution in [0.1, 0.15) is 49.5 Å². The summed E-state index contributed by atoms with van der Waals surface area (Å²) < 4.78 is 4.88. The van der Waals surface area contributed by atoms with Crippen LogP contribution in [0.4, 0.5) is 0 Å². The molecule has 1 aromatic carbocycles. The molecule has 0 atom stereocenters. The minimum Gasteiger partial charge on any atom is -0.372 e. The van der Waals surface area contributed by atoms with E-state index in [1.54, 1.807) is 7.11 Å². The van der Waals surface area contributed by atoms with Crippen LogP contribution in [0.2, 0.25) is 0 Å². The molecule has 3 heteroatoms. The summed E-state index contributed by atoms with van der Waals surface area (Å²) in [5, 5.41) is 0. The van der Waals surface area contributed by atoms with Gasteiger partial charge in [-0.05, 0) is 43.0 Å². The van der Waals surface area contributed by atoms with Crippen molar-refractivity contribution in [2.75, 3.05) is 26.8 Å². The maximum atomic E-state index is 12.3. The van der Waals surface area contributed by atoms with Crippen LogP contribution in [0.5, 0.6) is 0 Å². The Morgan fingerprint density at radius 3 is 2.36 bits per heavy atom. The van der Waals surface area contributed by atoms with Crippen molar-refractivity contribution in [1.29, 1.82) is 0 Å². The van der Waals surface area contributed by atoms with Gasteiger partial charge in [0.2, 0.25) is 0 Å². The Hall–Kier alpha value is -1.79. The van der Waals surface area contributed by atoms with Crippen LogP contribution in [0.15, 0.2) is 24.3 Å². The molecule has 120 valence electrons. The van der Waals surface area contributed by atoms with E-state index in [1.165, 1.54) is 0 Å². The first-order chi connectivity index (χ1) is 10.7. The predicted octanol–water partition coefficient (Wildman–Crippen LogP) is 3.58. The molecule has 1 saturated heterocycles. The Kier molecular flexibility index (Phi) is 8.32. The van der Waals surface area contributed by atoms with Gasteiger partial charge in [0.15, 0.2) is 0 Å². The van der Waals surface area contributed by atoms with Crippen molar-refractivity contribution in [3.8, 4) is 11.8 Å². The SMILES string of the molecule is CC.COCC#Cc1ccc(C(=O)N2CCC(C)CC2)cc1. The van der Waals surface area contributed by atoms with E-state index < -0.39 is 0 Å². The van der Waals surface area contributed by atoms with Crippen molar-refractivity contribution in [2.24, 2.45) is 5.92 Å². The van der Waals surface area contributed by atoms with E-state index in [0.717, 1.165) is 43.0 Å². The second-order valence-electron chi connectivity index (χ2n) is 5.29. The quantitative estimate of drug-likeness (QED) is 0.781. The number of hydrogen-bond donors (Lipinski definition) is 0. The van der Waals surface area contributed by atoms with E-state index in [2.05, 4.69) is 18.8 Å². The molecule has 22 heavy (non-hydrogen) atoms. The number of likely N-dealkylation sites (tertiary alicyclic amines) is 1. The number of ether oxygens (including phenoxy) is 1. The standard InChI is InChI=1S/C17H21NO2.C2H6/c1-14-9-11-18(12-10-14)17(19)16-7-5-15(6-8-16)4-3-13-20-2;1-2/h5-8,14H,9-13H2,1-2H3;1-2H3. The third kappa shape index (κ3) is 5.54. The van der Waals surface area contributed by atoms with Gasteiger partial charge >= 0.3 is 0 Å². The largest absolute Gasteiger partial charge is 0.372 e. The zero-order valence-corrected chi connectivity index (χ0v) is 14.2. The summed E-state index contributed by atoms with van der Waals surface area (Å²) in [4.78, 5) is 14.3. The second kappa shape index (κ2) is 10.0. The molecule has 3 nitrogen and oxygen atoms in total. The topological polar surface area (TPSA) is 29.5 Å². The Morgan fingerprint density at radius 1 is 1.23 bits per heavy atom. The lowest BCUT2D eigenvalue weighted by molar-refractivity contribution is 0.0697. The zero-order chi connectivity index (χ0) is 16.4. The van der Waals surface area contributed by atoms with Gasteiger partial charge in [0.1, 0.15) is 6.61 Å². The van der Waals surface area contributed by atoms with Crippen molar-refractivity contribution >= 4 is 5.91 Å². The fourth-order valence-electron chi connectivity index (χ4n) is 2.30. The zero-order valence-electron chi connectivity index (χ0n) is 14.2. The Balaban J connectivity index is 0.00000116. The molecule has 0 aliphatic carbocycles. The lowest BCUT2D eigenvalue weighted by Gasteiger charge is -2.30. The van der Waals surface area contributed by atoms with Gasteiger partial charge in [-0.15, -0.1) is 0 Å². The van der Waals surface area contributed by atoms with E-state index in [4.69, 9.17) is 4.74 Å². The molecular weight excluding hydrogens is 274 g/mol. The summed E-state index contributed by atoms with van der Waals surface area (Å²) >= 11 is 0. The summed E-state index contributed by atoms with van der Waals surface area (Å²) in [7, 11) is 1.62. The van der Waals surface area contributed by atoms with Crippen molar-refractivity contribution in [2.45, 2.75) is 33.6 Å². The fraction of sp³-hybridized carbons (Fsp3) is 0.526. The molecule has 0 aromatic heterocycles. The second-order valence-corrected chi connectivity index (χ2v) is 5.29. The highest BCUT2D eigenvalue weighted by Gasteiger charge is 2.21. The normalized spacial score (nSPS) is 14.5. The number of benzene rings is 1. The van der Waals surface area contributed by atoms with Gasteiger partial charge in [-0.25, -0.2) is 0 Å². The molecular formula is C19H27NO2. The molecule has 1 fully saturated rings. The number of carbonyl (C=O) groups excluding carboxylic acids is 1. The number of methoxy groups -OCH3 is 1. The highest BCUT2D eigenvalue weighted by atomic mass is 16.5. The number of amides is 1. The molecule has 1 heterocycles. The van der Waals surface area contributed by atoms with Gasteiger partial charge in [0, 0.05) is 31.3 Å². The van der Waals surface area contributed by atoms with Gasteiger partial charge in [-0.2, -0.15) is 0 Å². The number of nitrogens with zero attached hydrogens (tertiary/aromatic N) is 1. The molecule has 0 unspecified atom stereocenters. The molecule has 1 aliphatic rings. The summed E-state index contributed by atoms with van der Waals surface area (Å²) in [6, 6.07) is 7.50. The van der Waals surface area contributed by atoms with Crippen LogP contribution in [0.3, 0.4) is 0 Å². The lowest BCUT2D eigenvalue weighted by atomic mass is 9.98. The molecule has 0 saturated carbocycles. The molecule has 0 radical (unpaired) electrons. The van der Waals surface area contributed by atoms with Crippen LogP contribution >= 0.6 is 0 Å². The first-order valence-corrected chi connectivity index (χ1v) is 8.08. The van der Waals surface area contributed by atoms with Gasteiger partial charge in [0.25, 0.3) is 5.91 Å². The van der Waals surface area contributed by atoms with Crippen LogP contribution in [0.25, 0.3) is 0 Å². The van der Waals surface area contributed by atoms with Crippen LogP contribution < -0.4 is 0 Å².